The summed E-state index contributed by atoms with van der Waals surface area (Å²) in [6.45, 7) is 0. The lowest BCUT2D eigenvalue weighted by Crippen LogP contribution is -2.14. The van der Waals surface area contributed by atoms with E-state index in [-0.39, 0.29) is 5.69 Å². The van der Waals surface area contributed by atoms with Crippen molar-refractivity contribution in [3.05, 3.63) is 30.4 Å². The van der Waals surface area contributed by atoms with Crippen LogP contribution in [0.15, 0.2) is 29.2 Å². The summed E-state index contributed by atoms with van der Waals surface area (Å²) in [6.07, 6.45) is 2.60. The number of anilines is 1. The van der Waals surface area contributed by atoms with Crippen molar-refractivity contribution in [3.63, 3.8) is 0 Å². The smallest absolute Gasteiger partial charge is 0.275 e. The zero-order valence-electron chi connectivity index (χ0n) is 8.38. The van der Waals surface area contributed by atoms with E-state index < -0.39 is 5.91 Å². The number of aromatic nitrogens is 3. The molecule has 2 rings (SSSR count). The van der Waals surface area contributed by atoms with Crippen LogP contribution < -0.4 is 10.1 Å². The molecule has 2 aromatic rings. The largest absolute Gasteiger partial charge is 0.481 e. The fraction of sp³-hybridized carbons (Fsp3) is 0.111. The molecular formula is C9H8N4O3. The zero-order valence-corrected chi connectivity index (χ0v) is 8.38. The predicted octanol–water partition coefficient (Wildman–Crippen LogP) is 0.725. The van der Waals surface area contributed by atoms with Crippen molar-refractivity contribution < 1.29 is 14.1 Å². The van der Waals surface area contributed by atoms with E-state index in [1.165, 1.54) is 31.8 Å². The second-order valence-corrected chi connectivity index (χ2v) is 2.78. The molecule has 0 fully saturated rings. The molecule has 0 atom stereocenters. The number of ether oxygens (including phenoxy) is 1. The molecule has 0 saturated carbocycles. The second-order valence-electron chi connectivity index (χ2n) is 2.78. The summed E-state index contributed by atoms with van der Waals surface area (Å²) >= 11 is 0. The maximum Gasteiger partial charge on any atom is 0.275 e. The van der Waals surface area contributed by atoms with Crippen molar-refractivity contribution >= 4 is 11.7 Å². The van der Waals surface area contributed by atoms with Gasteiger partial charge in [-0.25, -0.2) is 9.97 Å². The van der Waals surface area contributed by atoms with E-state index in [2.05, 4.69) is 25.0 Å². The van der Waals surface area contributed by atoms with Crippen LogP contribution in [-0.4, -0.2) is 28.1 Å². The molecule has 2 heterocycles. The Bertz CT molecular complexity index is 483. The van der Waals surface area contributed by atoms with E-state index in [9.17, 15) is 4.79 Å². The standard InChI is InChI=1S/C9H8N4O3/c1-15-8-4-6(10-5-11-8)9(14)12-7-2-3-16-13-7/h2-5H,1H3,(H,12,13,14). The van der Waals surface area contributed by atoms with Crippen molar-refractivity contribution in [2.24, 2.45) is 0 Å². The molecular weight excluding hydrogens is 212 g/mol. The Balaban J connectivity index is 2.14. The maximum absolute atomic E-state index is 11.6. The van der Waals surface area contributed by atoms with Gasteiger partial charge in [0, 0.05) is 12.1 Å². The molecule has 1 N–H and O–H groups in total. The lowest BCUT2D eigenvalue weighted by molar-refractivity contribution is 0.102. The van der Waals surface area contributed by atoms with Crippen molar-refractivity contribution in [2.75, 3.05) is 12.4 Å². The SMILES string of the molecule is COc1cc(C(=O)Nc2ccon2)ncn1. The van der Waals surface area contributed by atoms with Crippen LogP contribution in [0.4, 0.5) is 5.82 Å². The van der Waals surface area contributed by atoms with Gasteiger partial charge in [-0.3, -0.25) is 4.79 Å². The summed E-state index contributed by atoms with van der Waals surface area (Å²) in [6, 6.07) is 2.95. The van der Waals surface area contributed by atoms with Crippen molar-refractivity contribution in [1.29, 1.82) is 0 Å². The van der Waals surface area contributed by atoms with Gasteiger partial charge in [0.2, 0.25) is 5.88 Å². The normalized spacial score (nSPS) is 9.81. The molecule has 16 heavy (non-hydrogen) atoms. The molecule has 82 valence electrons. The van der Waals surface area contributed by atoms with Crippen LogP contribution in [0.5, 0.6) is 5.88 Å². The average molecular weight is 220 g/mol. The van der Waals surface area contributed by atoms with Crippen molar-refractivity contribution in [3.8, 4) is 5.88 Å². The third kappa shape index (κ3) is 2.14. The van der Waals surface area contributed by atoms with Crippen molar-refractivity contribution in [2.45, 2.75) is 0 Å². The first kappa shape index (κ1) is 10.1. The van der Waals surface area contributed by atoms with Gasteiger partial charge in [0.05, 0.1) is 7.11 Å². The molecule has 0 aliphatic rings. The summed E-state index contributed by atoms with van der Waals surface area (Å²) < 4.78 is 9.45. The highest BCUT2D eigenvalue weighted by molar-refractivity contribution is 6.02. The van der Waals surface area contributed by atoms with Gasteiger partial charge in [-0.2, -0.15) is 0 Å². The number of hydrogen-bond acceptors (Lipinski definition) is 6. The van der Waals surface area contributed by atoms with E-state index in [1.54, 1.807) is 0 Å². The number of nitrogens with one attached hydrogen (secondary N) is 1. The number of carbonyl (C=O) groups is 1. The fourth-order valence-electron chi connectivity index (χ4n) is 1.03. The zero-order chi connectivity index (χ0) is 11.4. The summed E-state index contributed by atoms with van der Waals surface area (Å²) in [4.78, 5) is 19.2. The number of hydrogen-bond donors (Lipinski definition) is 1. The Kier molecular flexibility index (Phi) is 2.77. The monoisotopic (exact) mass is 220 g/mol. The molecule has 0 spiro atoms. The Labute approximate surface area is 90.4 Å². The van der Waals surface area contributed by atoms with E-state index >= 15 is 0 Å². The van der Waals surface area contributed by atoms with Crippen LogP contribution in [0.25, 0.3) is 0 Å². The van der Waals surface area contributed by atoms with Gasteiger partial charge in [-0.15, -0.1) is 0 Å². The molecule has 0 aliphatic carbocycles. The highest BCUT2D eigenvalue weighted by Gasteiger charge is 2.10. The Hall–Kier alpha value is -2.44. The first-order valence-electron chi connectivity index (χ1n) is 4.37. The van der Waals surface area contributed by atoms with Crippen LogP contribution >= 0.6 is 0 Å². The fourth-order valence-corrected chi connectivity index (χ4v) is 1.03. The van der Waals surface area contributed by atoms with Gasteiger partial charge in [-0.1, -0.05) is 5.16 Å². The molecule has 0 unspecified atom stereocenters. The summed E-state index contributed by atoms with van der Waals surface area (Å²) in [5, 5.41) is 6.04. The molecule has 7 nitrogen and oxygen atoms in total. The Morgan fingerprint density at radius 3 is 3.06 bits per heavy atom. The number of methoxy groups -OCH3 is 1. The highest BCUT2D eigenvalue weighted by atomic mass is 16.5. The number of rotatable bonds is 3. The van der Waals surface area contributed by atoms with Crippen LogP contribution in [0.1, 0.15) is 10.5 Å². The van der Waals surface area contributed by atoms with Gasteiger partial charge < -0.3 is 14.6 Å². The van der Waals surface area contributed by atoms with Gasteiger partial charge in [0.15, 0.2) is 5.82 Å². The second kappa shape index (κ2) is 4.39. The molecule has 2 aromatic heterocycles. The summed E-state index contributed by atoms with van der Waals surface area (Å²) in [7, 11) is 1.46. The minimum Gasteiger partial charge on any atom is -0.481 e. The van der Waals surface area contributed by atoms with Crippen LogP contribution in [0.3, 0.4) is 0 Å². The Morgan fingerprint density at radius 2 is 2.38 bits per heavy atom. The van der Waals surface area contributed by atoms with Gasteiger partial charge in [0.1, 0.15) is 18.3 Å². The quantitative estimate of drug-likeness (QED) is 0.819. The predicted molar refractivity (Wildman–Crippen MR) is 53.0 cm³/mol. The topological polar surface area (TPSA) is 90.1 Å². The van der Waals surface area contributed by atoms with E-state index in [0.29, 0.717) is 11.7 Å². The summed E-state index contributed by atoms with van der Waals surface area (Å²) in [5.41, 5.74) is 0.190. The van der Waals surface area contributed by atoms with Crippen LogP contribution in [0.2, 0.25) is 0 Å². The maximum atomic E-state index is 11.6. The van der Waals surface area contributed by atoms with E-state index in [0.717, 1.165) is 0 Å². The third-order valence-corrected chi connectivity index (χ3v) is 1.76. The number of amides is 1. The lowest BCUT2D eigenvalue weighted by Gasteiger charge is -2.01. The van der Waals surface area contributed by atoms with E-state index in [4.69, 9.17) is 4.74 Å². The molecule has 0 aliphatic heterocycles. The average Bonchev–Trinajstić information content (AvgIpc) is 2.82. The lowest BCUT2D eigenvalue weighted by atomic mass is 10.3. The molecule has 0 saturated heterocycles. The number of carbonyl (C=O) groups excluding carboxylic acids is 1. The van der Waals surface area contributed by atoms with Crippen molar-refractivity contribution in [1.82, 2.24) is 15.1 Å². The first-order chi connectivity index (χ1) is 7.79. The van der Waals surface area contributed by atoms with Crippen LogP contribution in [-0.2, 0) is 0 Å². The highest BCUT2D eigenvalue weighted by Crippen LogP contribution is 2.08. The van der Waals surface area contributed by atoms with Gasteiger partial charge in [0.25, 0.3) is 5.91 Å². The molecule has 0 radical (unpaired) electrons. The van der Waals surface area contributed by atoms with Gasteiger partial charge >= 0.3 is 0 Å². The molecule has 7 heteroatoms. The minimum atomic E-state index is -0.408. The first-order valence-corrected chi connectivity index (χ1v) is 4.37. The molecule has 1 amide bonds. The van der Waals surface area contributed by atoms with Gasteiger partial charge in [-0.05, 0) is 0 Å². The Morgan fingerprint density at radius 1 is 1.50 bits per heavy atom. The summed E-state index contributed by atoms with van der Waals surface area (Å²) in [5.74, 6) is 0.234. The molecule has 0 bridgehead atoms. The van der Waals surface area contributed by atoms with Crippen LogP contribution in [0, 0.1) is 0 Å². The van der Waals surface area contributed by atoms with E-state index in [1.807, 2.05) is 0 Å². The minimum absolute atomic E-state index is 0.190. The third-order valence-electron chi connectivity index (χ3n) is 1.76. The number of nitrogens with zero attached hydrogens (tertiary/aromatic N) is 3. The molecule has 0 aromatic carbocycles.